The lowest BCUT2D eigenvalue weighted by atomic mass is 9.87. The van der Waals surface area contributed by atoms with E-state index in [0.29, 0.717) is 32.4 Å². The summed E-state index contributed by atoms with van der Waals surface area (Å²) in [6.07, 6.45) is 1.52. The fraction of sp³-hybridized carbons (Fsp3) is 0.556. The van der Waals surface area contributed by atoms with Gasteiger partial charge in [-0.05, 0) is 30.7 Å². The molecule has 2 rings (SSSR count). The second-order valence-corrected chi connectivity index (χ2v) is 8.92. The van der Waals surface area contributed by atoms with Crippen LogP contribution in [0.3, 0.4) is 0 Å². The normalized spacial score (nSPS) is 21.1. The minimum atomic E-state index is -3.46. The van der Waals surface area contributed by atoms with Crippen LogP contribution in [0.4, 0.5) is 0 Å². The Morgan fingerprint density at radius 2 is 1.92 bits per heavy atom. The first kappa shape index (κ1) is 19.4. The zero-order valence-electron chi connectivity index (χ0n) is 14.4. The Balaban J connectivity index is 1.81. The summed E-state index contributed by atoms with van der Waals surface area (Å²) < 4.78 is 24.4. The first-order chi connectivity index (χ1) is 11.8. The van der Waals surface area contributed by atoms with E-state index in [1.165, 1.54) is 4.90 Å². The van der Waals surface area contributed by atoms with Gasteiger partial charge in [0.2, 0.25) is 5.91 Å². The standard InChI is InChI=1S/C18H25NO5S/c1-14-12-19(10-9-16(14)18(21)22)17(20)13-25(23,24)11-5-8-15-6-3-2-4-7-15/h2-4,6-7,14,16H,5,8-13H2,1H3,(H,21,22). The molecule has 1 heterocycles. The van der Waals surface area contributed by atoms with Crippen LogP contribution < -0.4 is 0 Å². The Labute approximate surface area is 148 Å². The number of carbonyl (C=O) groups excluding carboxylic acids is 1. The van der Waals surface area contributed by atoms with Gasteiger partial charge in [0.25, 0.3) is 0 Å². The summed E-state index contributed by atoms with van der Waals surface area (Å²) in [6, 6.07) is 9.63. The largest absolute Gasteiger partial charge is 0.481 e. The van der Waals surface area contributed by atoms with Crippen LogP contribution in [-0.4, -0.2) is 54.9 Å². The summed E-state index contributed by atoms with van der Waals surface area (Å²) in [7, 11) is -3.46. The number of rotatable bonds is 7. The fourth-order valence-corrected chi connectivity index (χ4v) is 4.52. The highest BCUT2D eigenvalue weighted by Crippen LogP contribution is 2.23. The van der Waals surface area contributed by atoms with E-state index in [-0.39, 0.29) is 11.7 Å². The van der Waals surface area contributed by atoms with E-state index in [9.17, 15) is 18.0 Å². The van der Waals surface area contributed by atoms with Gasteiger partial charge in [-0.25, -0.2) is 8.42 Å². The van der Waals surface area contributed by atoms with Crippen molar-refractivity contribution in [2.75, 3.05) is 24.6 Å². The number of sulfone groups is 1. The Morgan fingerprint density at radius 3 is 2.52 bits per heavy atom. The predicted octanol–water partition coefficient (Wildman–Crippen LogP) is 1.60. The minimum Gasteiger partial charge on any atom is -0.481 e. The van der Waals surface area contributed by atoms with Crippen LogP contribution in [-0.2, 0) is 25.8 Å². The van der Waals surface area contributed by atoms with Gasteiger partial charge in [-0.2, -0.15) is 0 Å². The summed E-state index contributed by atoms with van der Waals surface area (Å²) in [5.41, 5.74) is 1.08. The molecule has 1 aromatic carbocycles. The lowest BCUT2D eigenvalue weighted by Crippen LogP contribution is -2.46. The number of amides is 1. The van der Waals surface area contributed by atoms with Crippen LogP contribution in [0.2, 0.25) is 0 Å². The Morgan fingerprint density at radius 1 is 1.24 bits per heavy atom. The highest BCUT2D eigenvalue weighted by atomic mass is 32.2. The number of likely N-dealkylation sites (tertiary alicyclic amines) is 1. The van der Waals surface area contributed by atoms with E-state index in [2.05, 4.69) is 0 Å². The van der Waals surface area contributed by atoms with Gasteiger partial charge in [-0.1, -0.05) is 37.3 Å². The van der Waals surface area contributed by atoms with Crippen molar-refractivity contribution in [3.8, 4) is 0 Å². The third kappa shape index (κ3) is 5.85. The lowest BCUT2D eigenvalue weighted by Gasteiger charge is -2.34. The Kier molecular flexibility index (Phi) is 6.58. The van der Waals surface area contributed by atoms with Gasteiger partial charge in [-0.3, -0.25) is 9.59 Å². The molecule has 0 bridgehead atoms. The van der Waals surface area contributed by atoms with Crippen LogP contribution in [0.15, 0.2) is 30.3 Å². The van der Waals surface area contributed by atoms with Gasteiger partial charge in [0.15, 0.2) is 9.84 Å². The van der Waals surface area contributed by atoms with Crippen LogP contribution >= 0.6 is 0 Å². The smallest absolute Gasteiger partial charge is 0.306 e. The van der Waals surface area contributed by atoms with Crippen LogP contribution in [0, 0.1) is 11.8 Å². The van der Waals surface area contributed by atoms with Gasteiger partial charge in [-0.15, -0.1) is 0 Å². The van der Waals surface area contributed by atoms with E-state index in [1.807, 2.05) is 30.3 Å². The number of carboxylic acids is 1. The molecule has 25 heavy (non-hydrogen) atoms. The highest BCUT2D eigenvalue weighted by molar-refractivity contribution is 7.92. The number of carboxylic acid groups (broad SMARTS) is 1. The van der Waals surface area contributed by atoms with Crippen molar-refractivity contribution in [2.24, 2.45) is 11.8 Å². The molecule has 1 fully saturated rings. The van der Waals surface area contributed by atoms with Gasteiger partial charge < -0.3 is 10.0 Å². The monoisotopic (exact) mass is 367 g/mol. The molecule has 1 amide bonds. The number of benzene rings is 1. The van der Waals surface area contributed by atoms with Crippen LogP contribution in [0.25, 0.3) is 0 Å². The SMILES string of the molecule is CC1CN(C(=O)CS(=O)(=O)CCCc2ccccc2)CCC1C(=O)O. The van der Waals surface area contributed by atoms with E-state index < -0.39 is 33.4 Å². The predicted molar refractivity (Wildman–Crippen MR) is 94.9 cm³/mol. The minimum absolute atomic E-state index is 0.0191. The molecule has 2 atom stereocenters. The van der Waals surface area contributed by atoms with Gasteiger partial charge >= 0.3 is 5.97 Å². The third-order valence-electron chi connectivity index (χ3n) is 4.68. The van der Waals surface area contributed by atoms with E-state index in [0.717, 1.165) is 5.56 Å². The quantitative estimate of drug-likeness (QED) is 0.790. The zero-order chi connectivity index (χ0) is 18.4. The number of hydrogen-bond acceptors (Lipinski definition) is 4. The molecule has 7 heteroatoms. The Bertz CT molecular complexity index is 701. The zero-order valence-corrected chi connectivity index (χ0v) is 15.2. The molecule has 0 saturated carbocycles. The van der Waals surface area contributed by atoms with E-state index in [4.69, 9.17) is 5.11 Å². The first-order valence-corrected chi connectivity index (χ1v) is 10.4. The molecule has 0 radical (unpaired) electrons. The van der Waals surface area contributed by atoms with E-state index >= 15 is 0 Å². The summed E-state index contributed by atoms with van der Waals surface area (Å²) >= 11 is 0. The molecule has 1 aromatic rings. The van der Waals surface area contributed by atoms with Gasteiger partial charge in [0.05, 0.1) is 11.7 Å². The topological polar surface area (TPSA) is 91.8 Å². The molecule has 0 aliphatic carbocycles. The molecule has 138 valence electrons. The van der Waals surface area contributed by atoms with Crippen molar-refractivity contribution in [3.63, 3.8) is 0 Å². The highest BCUT2D eigenvalue weighted by Gasteiger charge is 2.34. The number of aliphatic carboxylic acids is 1. The number of carbonyl (C=O) groups is 2. The van der Waals surface area contributed by atoms with Crippen molar-refractivity contribution < 1.29 is 23.1 Å². The van der Waals surface area contributed by atoms with Crippen molar-refractivity contribution in [2.45, 2.75) is 26.2 Å². The van der Waals surface area contributed by atoms with Gasteiger partial charge in [0.1, 0.15) is 5.75 Å². The lowest BCUT2D eigenvalue weighted by molar-refractivity contribution is -0.147. The molecule has 0 aromatic heterocycles. The molecule has 1 N–H and O–H groups in total. The van der Waals surface area contributed by atoms with Crippen molar-refractivity contribution in [1.29, 1.82) is 0 Å². The molecule has 1 aliphatic heterocycles. The average Bonchev–Trinajstić information content (AvgIpc) is 2.54. The van der Waals surface area contributed by atoms with E-state index in [1.54, 1.807) is 6.92 Å². The number of nitrogens with zero attached hydrogens (tertiary/aromatic N) is 1. The maximum Gasteiger partial charge on any atom is 0.306 e. The molecule has 6 nitrogen and oxygen atoms in total. The maximum atomic E-state index is 12.3. The summed E-state index contributed by atoms with van der Waals surface area (Å²) in [5, 5.41) is 9.11. The molecule has 1 aliphatic rings. The number of aryl methyl sites for hydroxylation is 1. The van der Waals surface area contributed by atoms with Crippen molar-refractivity contribution in [3.05, 3.63) is 35.9 Å². The fourth-order valence-electron chi connectivity index (χ4n) is 3.23. The van der Waals surface area contributed by atoms with Crippen LogP contribution in [0.5, 0.6) is 0 Å². The summed E-state index contributed by atoms with van der Waals surface area (Å²) in [4.78, 5) is 24.9. The second-order valence-electron chi connectivity index (χ2n) is 6.73. The third-order valence-corrected chi connectivity index (χ3v) is 6.28. The number of hydrogen-bond donors (Lipinski definition) is 1. The molecule has 2 unspecified atom stereocenters. The summed E-state index contributed by atoms with van der Waals surface area (Å²) in [6.45, 7) is 2.39. The first-order valence-electron chi connectivity index (χ1n) is 8.53. The van der Waals surface area contributed by atoms with Crippen molar-refractivity contribution >= 4 is 21.7 Å². The average molecular weight is 367 g/mol. The Hall–Kier alpha value is -1.89. The van der Waals surface area contributed by atoms with Crippen LogP contribution in [0.1, 0.15) is 25.3 Å². The molecule has 0 spiro atoms. The maximum absolute atomic E-state index is 12.3. The second kappa shape index (κ2) is 8.47. The van der Waals surface area contributed by atoms with Gasteiger partial charge in [0, 0.05) is 13.1 Å². The van der Waals surface area contributed by atoms with Crippen molar-refractivity contribution in [1.82, 2.24) is 4.90 Å². The molecular formula is C18H25NO5S. The molecular weight excluding hydrogens is 342 g/mol. The summed E-state index contributed by atoms with van der Waals surface area (Å²) in [5.74, 6) is -2.42. The number of piperidine rings is 1. The molecule has 1 saturated heterocycles.